The first-order valence-corrected chi connectivity index (χ1v) is 9.66. The van der Waals surface area contributed by atoms with Crippen LogP contribution < -0.4 is 21.7 Å². The second-order valence-corrected chi connectivity index (χ2v) is 6.75. The number of carbonyl (C=O) groups is 6. The van der Waals surface area contributed by atoms with Crippen LogP contribution in [0, 0.1) is 0 Å². The second kappa shape index (κ2) is 13.3. The summed E-state index contributed by atoms with van der Waals surface area (Å²) in [5, 5.41) is 33.2. The van der Waals surface area contributed by atoms with Crippen molar-refractivity contribution in [1.82, 2.24) is 16.0 Å². The van der Waals surface area contributed by atoms with E-state index in [4.69, 9.17) is 21.1 Å². The van der Waals surface area contributed by atoms with Gasteiger partial charge in [0.25, 0.3) is 0 Å². The summed E-state index contributed by atoms with van der Waals surface area (Å²) >= 11 is 1.34. The Bertz CT molecular complexity index is 643. The molecule has 0 saturated heterocycles. The summed E-state index contributed by atoms with van der Waals surface area (Å²) in [4.78, 5) is 69.2. The summed E-state index contributed by atoms with van der Waals surface area (Å²) in [5.74, 6) is -6.90. The highest BCUT2D eigenvalue weighted by atomic mass is 32.2. The fourth-order valence-corrected chi connectivity index (χ4v) is 2.53. The second-order valence-electron chi connectivity index (χ2n) is 5.76. The SMILES string of the molecule is CSCCC(NC(=O)C(CC(=O)O)NC(=O)C(CC(=O)O)NC(=O)CN)C(=O)O. The zero-order chi connectivity index (χ0) is 22.6. The molecule has 0 aliphatic heterocycles. The molecule has 0 aromatic carbocycles. The molecule has 0 heterocycles. The minimum absolute atomic E-state index is 0.0597. The Morgan fingerprint density at radius 1 is 0.828 bits per heavy atom. The first-order chi connectivity index (χ1) is 13.5. The van der Waals surface area contributed by atoms with Crippen molar-refractivity contribution >= 4 is 47.4 Å². The number of aliphatic carboxylic acids is 3. The summed E-state index contributed by atoms with van der Waals surface area (Å²) < 4.78 is 0. The van der Waals surface area contributed by atoms with Crippen LogP contribution in [0.4, 0.5) is 0 Å². The zero-order valence-corrected chi connectivity index (χ0v) is 16.4. The van der Waals surface area contributed by atoms with Gasteiger partial charge in [-0.15, -0.1) is 0 Å². The lowest BCUT2D eigenvalue weighted by molar-refractivity contribution is -0.144. The van der Waals surface area contributed by atoms with Crippen molar-refractivity contribution in [2.45, 2.75) is 37.4 Å². The maximum absolute atomic E-state index is 12.3. The van der Waals surface area contributed by atoms with E-state index in [0.717, 1.165) is 0 Å². The van der Waals surface area contributed by atoms with Gasteiger partial charge in [-0.3, -0.25) is 24.0 Å². The van der Waals surface area contributed by atoms with Crippen LogP contribution in [0.2, 0.25) is 0 Å². The number of carboxylic acids is 3. The van der Waals surface area contributed by atoms with Crippen LogP contribution >= 0.6 is 11.8 Å². The van der Waals surface area contributed by atoms with Gasteiger partial charge in [0, 0.05) is 0 Å². The average Bonchev–Trinajstić information content (AvgIpc) is 2.62. The van der Waals surface area contributed by atoms with Crippen LogP contribution in [0.25, 0.3) is 0 Å². The number of nitrogens with one attached hydrogen (secondary N) is 3. The average molecular weight is 436 g/mol. The number of rotatable bonds is 14. The highest BCUT2D eigenvalue weighted by Gasteiger charge is 2.31. The van der Waals surface area contributed by atoms with E-state index in [-0.39, 0.29) is 6.42 Å². The minimum atomic E-state index is -1.69. The van der Waals surface area contributed by atoms with Gasteiger partial charge in [0.2, 0.25) is 17.7 Å². The van der Waals surface area contributed by atoms with Crippen LogP contribution in [0.3, 0.4) is 0 Å². The van der Waals surface area contributed by atoms with Crippen molar-refractivity contribution in [2.24, 2.45) is 5.73 Å². The molecule has 3 atom stereocenters. The molecule has 0 aliphatic carbocycles. The molecule has 3 amide bonds. The Morgan fingerprint density at radius 2 is 1.28 bits per heavy atom. The molecular weight excluding hydrogens is 412 g/mol. The van der Waals surface area contributed by atoms with Crippen molar-refractivity contribution in [1.29, 1.82) is 0 Å². The molecule has 0 bridgehead atoms. The normalized spacial score (nSPS) is 13.4. The maximum Gasteiger partial charge on any atom is 0.326 e. The number of amides is 3. The molecule has 0 spiro atoms. The highest BCUT2D eigenvalue weighted by Crippen LogP contribution is 2.04. The van der Waals surface area contributed by atoms with E-state index in [9.17, 15) is 28.8 Å². The number of thioether (sulfide) groups is 1. The van der Waals surface area contributed by atoms with E-state index in [1.807, 2.05) is 10.6 Å². The number of nitrogens with two attached hydrogens (primary N) is 1. The van der Waals surface area contributed by atoms with Crippen molar-refractivity contribution in [3.05, 3.63) is 0 Å². The Hall–Kier alpha value is -2.87. The maximum atomic E-state index is 12.3. The summed E-state index contributed by atoms with van der Waals surface area (Å²) in [6, 6.07) is -4.61. The fourth-order valence-electron chi connectivity index (χ4n) is 2.06. The molecule has 29 heavy (non-hydrogen) atoms. The molecule has 14 heteroatoms. The predicted molar refractivity (Wildman–Crippen MR) is 100.0 cm³/mol. The molecule has 164 valence electrons. The monoisotopic (exact) mass is 436 g/mol. The highest BCUT2D eigenvalue weighted by molar-refractivity contribution is 7.98. The van der Waals surface area contributed by atoms with Gasteiger partial charge in [-0.1, -0.05) is 0 Å². The largest absolute Gasteiger partial charge is 0.481 e. The quantitative estimate of drug-likeness (QED) is 0.147. The van der Waals surface area contributed by atoms with Crippen molar-refractivity contribution in [3.8, 4) is 0 Å². The van der Waals surface area contributed by atoms with Crippen LogP contribution in [0.1, 0.15) is 19.3 Å². The summed E-state index contributed by atoms with van der Waals surface area (Å²) in [5.41, 5.74) is 5.10. The Kier molecular flexibility index (Phi) is 12.0. The molecule has 3 unspecified atom stereocenters. The van der Waals surface area contributed by atoms with E-state index < -0.39 is 73.1 Å². The van der Waals surface area contributed by atoms with Gasteiger partial charge in [-0.05, 0) is 18.4 Å². The van der Waals surface area contributed by atoms with Crippen molar-refractivity contribution < 1.29 is 44.1 Å². The van der Waals surface area contributed by atoms with E-state index in [1.54, 1.807) is 6.26 Å². The van der Waals surface area contributed by atoms with Gasteiger partial charge in [0.1, 0.15) is 18.1 Å². The third-order valence-corrected chi connectivity index (χ3v) is 4.10. The van der Waals surface area contributed by atoms with Crippen molar-refractivity contribution in [3.63, 3.8) is 0 Å². The number of carbonyl (C=O) groups excluding carboxylic acids is 3. The molecule has 0 radical (unpaired) electrons. The van der Waals surface area contributed by atoms with E-state index >= 15 is 0 Å². The molecule has 0 rings (SSSR count). The van der Waals surface area contributed by atoms with Gasteiger partial charge in [-0.25, -0.2) is 4.79 Å². The van der Waals surface area contributed by atoms with Gasteiger partial charge in [0.05, 0.1) is 19.4 Å². The van der Waals surface area contributed by atoms with Crippen LogP contribution in [0.5, 0.6) is 0 Å². The van der Waals surface area contributed by atoms with Gasteiger partial charge in [-0.2, -0.15) is 11.8 Å². The van der Waals surface area contributed by atoms with E-state index in [2.05, 4.69) is 5.32 Å². The summed E-state index contributed by atoms with van der Waals surface area (Å²) in [6.45, 7) is -0.530. The topological polar surface area (TPSA) is 225 Å². The lowest BCUT2D eigenvalue weighted by Gasteiger charge is -2.23. The van der Waals surface area contributed by atoms with E-state index in [1.165, 1.54) is 11.8 Å². The van der Waals surface area contributed by atoms with Crippen LogP contribution in [-0.4, -0.2) is 87.6 Å². The third-order valence-electron chi connectivity index (χ3n) is 3.45. The molecule has 0 aliphatic rings. The Labute approximate surface area is 169 Å². The minimum Gasteiger partial charge on any atom is -0.481 e. The van der Waals surface area contributed by atoms with E-state index in [0.29, 0.717) is 5.75 Å². The number of hydrogen-bond donors (Lipinski definition) is 7. The molecule has 13 nitrogen and oxygen atoms in total. The molecule has 0 aromatic rings. The first kappa shape index (κ1) is 26.1. The number of hydrogen-bond acceptors (Lipinski definition) is 8. The zero-order valence-electron chi connectivity index (χ0n) is 15.5. The fraction of sp³-hybridized carbons (Fsp3) is 0.600. The molecule has 8 N–H and O–H groups in total. The smallest absolute Gasteiger partial charge is 0.326 e. The number of carboxylic acid groups (broad SMARTS) is 3. The van der Waals surface area contributed by atoms with Gasteiger partial charge >= 0.3 is 17.9 Å². The summed E-state index contributed by atoms with van der Waals surface area (Å²) in [7, 11) is 0. The lowest BCUT2D eigenvalue weighted by atomic mass is 10.1. The summed E-state index contributed by atoms with van der Waals surface area (Å²) in [6.07, 6.45) is 0.0537. The molecule has 0 saturated carbocycles. The van der Waals surface area contributed by atoms with Crippen molar-refractivity contribution in [2.75, 3.05) is 18.6 Å². The Morgan fingerprint density at radius 3 is 1.66 bits per heavy atom. The van der Waals surface area contributed by atoms with Crippen LogP contribution in [0.15, 0.2) is 0 Å². The van der Waals surface area contributed by atoms with Gasteiger partial charge < -0.3 is 37.0 Å². The first-order valence-electron chi connectivity index (χ1n) is 8.27. The Balaban J connectivity index is 5.36. The molecule has 0 aromatic heterocycles. The molecular formula is C15H24N4O9S. The predicted octanol–water partition coefficient (Wildman–Crippen LogP) is -2.81. The third kappa shape index (κ3) is 10.9. The lowest BCUT2D eigenvalue weighted by Crippen LogP contribution is -2.57. The standard InChI is InChI=1S/C15H24N4O9S/c1-29-3-2-7(15(27)28)18-14(26)9(5-12(23)24)19-13(25)8(4-11(21)22)17-10(20)6-16/h7-9H,2-6,16H2,1H3,(H,17,20)(H,18,26)(H,19,25)(H,21,22)(H,23,24)(H,27,28). The molecule has 0 fully saturated rings. The van der Waals surface area contributed by atoms with Crippen LogP contribution in [-0.2, 0) is 28.8 Å². The van der Waals surface area contributed by atoms with Gasteiger partial charge in [0.15, 0.2) is 0 Å².